The molecule has 5 nitrogen and oxygen atoms in total. The second-order valence-corrected chi connectivity index (χ2v) is 6.45. The molecular formula is C13H12BrN3O2S. The van der Waals surface area contributed by atoms with Crippen LogP contribution in [-0.2, 0) is 4.79 Å². The van der Waals surface area contributed by atoms with Crippen molar-refractivity contribution in [3.8, 4) is 11.4 Å². The molecule has 1 aliphatic rings. The highest BCUT2D eigenvalue weighted by atomic mass is 79.9. The molecule has 1 heterocycles. The lowest BCUT2D eigenvalue weighted by molar-refractivity contribution is -0.133. The van der Waals surface area contributed by atoms with Crippen molar-refractivity contribution in [3.63, 3.8) is 0 Å². The molecule has 1 fully saturated rings. The molecule has 1 aromatic heterocycles. The fraction of sp³-hybridized carbons (Fsp3) is 0.308. The van der Waals surface area contributed by atoms with Gasteiger partial charge in [0.2, 0.25) is 0 Å². The van der Waals surface area contributed by atoms with Crippen LogP contribution in [0.1, 0.15) is 18.9 Å². The lowest BCUT2D eigenvalue weighted by Gasteiger charge is -2.08. The Morgan fingerprint density at radius 3 is 2.65 bits per heavy atom. The summed E-state index contributed by atoms with van der Waals surface area (Å²) in [7, 11) is 0. The molecule has 0 bridgehead atoms. The number of carbonyl (C=O) groups is 1. The average molecular weight is 354 g/mol. The molecule has 0 unspecified atom stereocenters. The minimum absolute atomic E-state index is 0.00515. The monoisotopic (exact) mass is 353 g/mol. The molecule has 1 aliphatic carbocycles. The van der Waals surface area contributed by atoms with E-state index in [-0.39, 0.29) is 5.75 Å². The molecular weight excluding hydrogens is 342 g/mol. The molecule has 0 aliphatic heterocycles. The van der Waals surface area contributed by atoms with E-state index >= 15 is 0 Å². The van der Waals surface area contributed by atoms with Crippen LogP contribution in [-0.4, -0.2) is 31.6 Å². The van der Waals surface area contributed by atoms with Crippen LogP contribution in [0.3, 0.4) is 0 Å². The summed E-state index contributed by atoms with van der Waals surface area (Å²) in [6.45, 7) is 0. The Kier molecular flexibility index (Phi) is 3.80. The van der Waals surface area contributed by atoms with Gasteiger partial charge in [0.1, 0.15) is 0 Å². The number of carboxylic acid groups (broad SMARTS) is 1. The molecule has 20 heavy (non-hydrogen) atoms. The van der Waals surface area contributed by atoms with E-state index in [1.807, 2.05) is 24.3 Å². The topological polar surface area (TPSA) is 68.0 Å². The molecule has 2 aromatic rings. The summed E-state index contributed by atoms with van der Waals surface area (Å²) in [4.78, 5) is 10.7. The number of halogens is 1. The number of benzene rings is 1. The van der Waals surface area contributed by atoms with Crippen molar-refractivity contribution in [2.45, 2.75) is 24.0 Å². The highest BCUT2D eigenvalue weighted by Gasteiger charge is 2.30. The van der Waals surface area contributed by atoms with E-state index in [9.17, 15) is 4.79 Å². The van der Waals surface area contributed by atoms with Gasteiger partial charge >= 0.3 is 5.97 Å². The van der Waals surface area contributed by atoms with Crippen LogP contribution in [0.4, 0.5) is 0 Å². The minimum atomic E-state index is -0.842. The summed E-state index contributed by atoms with van der Waals surface area (Å²) in [5.74, 6) is -0.0241. The van der Waals surface area contributed by atoms with Crippen molar-refractivity contribution in [2.24, 2.45) is 0 Å². The summed E-state index contributed by atoms with van der Waals surface area (Å²) >= 11 is 4.63. The largest absolute Gasteiger partial charge is 0.481 e. The van der Waals surface area contributed by atoms with Crippen molar-refractivity contribution in [1.82, 2.24) is 14.8 Å². The fourth-order valence-corrected chi connectivity index (χ4v) is 2.95. The number of nitrogens with zero attached hydrogens (tertiary/aromatic N) is 3. The van der Waals surface area contributed by atoms with Gasteiger partial charge in [0, 0.05) is 16.1 Å². The van der Waals surface area contributed by atoms with Crippen molar-refractivity contribution in [2.75, 3.05) is 5.75 Å². The van der Waals surface area contributed by atoms with Gasteiger partial charge in [-0.1, -0.05) is 39.8 Å². The normalized spacial score (nSPS) is 14.4. The Labute approximate surface area is 128 Å². The van der Waals surface area contributed by atoms with Gasteiger partial charge in [-0.25, -0.2) is 0 Å². The zero-order valence-electron chi connectivity index (χ0n) is 10.5. The first-order valence-electron chi connectivity index (χ1n) is 6.20. The highest BCUT2D eigenvalue weighted by Crippen LogP contribution is 2.41. The third-order valence-electron chi connectivity index (χ3n) is 3.00. The predicted octanol–water partition coefficient (Wildman–Crippen LogP) is 3.22. The van der Waals surface area contributed by atoms with E-state index in [0.717, 1.165) is 28.7 Å². The summed E-state index contributed by atoms with van der Waals surface area (Å²) in [6, 6.07) is 8.30. The smallest absolute Gasteiger partial charge is 0.313 e. The van der Waals surface area contributed by atoms with Crippen molar-refractivity contribution in [1.29, 1.82) is 0 Å². The first-order chi connectivity index (χ1) is 9.65. The van der Waals surface area contributed by atoms with E-state index in [1.165, 1.54) is 11.8 Å². The zero-order valence-corrected chi connectivity index (χ0v) is 12.9. The van der Waals surface area contributed by atoms with E-state index in [0.29, 0.717) is 11.2 Å². The lowest BCUT2D eigenvalue weighted by Crippen LogP contribution is -2.03. The molecule has 3 rings (SSSR count). The number of aliphatic carboxylic acids is 1. The first kappa shape index (κ1) is 13.6. The van der Waals surface area contributed by atoms with Crippen LogP contribution < -0.4 is 0 Å². The van der Waals surface area contributed by atoms with E-state index in [1.54, 1.807) is 0 Å². The average Bonchev–Trinajstić information content (AvgIpc) is 3.17. The third kappa shape index (κ3) is 2.88. The first-order valence-corrected chi connectivity index (χ1v) is 7.98. The Hall–Kier alpha value is -1.34. The van der Waals surface area contributed by atoms with Crippen molar-refractivity contribution >= 4 is 33.7 Å². The molecule has 0 saturated heterocycles. The maximum atomic E-state index is 10.7. The number of hydrogen-bond donors (Lipinski definition) is 1. The summed E-state index contributed by atoms with van der Waals surface area (Å²) in [6.07, 6.45) is 2.20. The molecule has 1 saturated carbocycles. The Morgan fingerprint density at radius 1 is 1.35 bits per heavy atom. The van der Waals surface area contributed by atoms with Gasteiger partial charge < -0.3 is 5.11 Å². The van der Waals surface area contributed by atoms with E-state index < -0.39 is 5.97 Å². The highest BCUT2D eigenvalue weighted by molar-refractivity contribution is 9.10. The summed E-state index contributed by atoms with van der Waals surface area (Å²) in [5, 5.41) is 17.9. The molecule has 7 heteroatoms. The van der Waals surface area contributed by atoms with Gasteiger partial charge in [0.25, 0.3) is 0 Å². The second-order valence-electron chi connectivity index (χ2n) is 4.60. The lowest BCUT2D eigenvalue weighted by atomic mass is 10.2. The van der Waals surface area contributed by atoms with Crippen LogP contribution in [0.5, 0.6) is 0 Å². The standard InChI is InChI=1S/C13H12BrN3O2S/c14-9-3-1-8(2-4-9)12-15-16-13(20-7-11(18)19)17(12)10-5-6-10/h1-4,10H,5-7H2,(H,18,19). The van der Waals surface area contributed by atoms with Gasteiger partial charge in [0.15, 0.2) is 11.0 Å². The maximum absolute atomic E-state index is 10.7. The number of hydrogen-bond acceptors (Lipinski definition) is 4. The quantitative estimate of drug-likeness (QED) is 0.835. The van der Waals surface area contributed by atoms with Crippen LogP contribution in [0.25, 0.3) is 11.4 Å². The molecule has 1 aromatic carbocycles. The third-order valence-corrected chi connectivity index (χ3v) is 4.46. The SMILES string of the molecule is O=C(O)CSc1nnc(-c2ccc(Br)cc2)n1C1CC1. The summed E-state index contributed by atoms with van der Waals surface area (Å²) in [5.41, 5.74) is 0.995. The van der Waals surface area contributed by atoms with E-state index in [2.05, 4.69) is 30.7 Å². The maximum Gasteiger partial charge on any atom is 0.313 e. The molecule has 0 amide bonds. The molecule has 1 N–H and O–H groups in total. The molecule has 0 atom stereocenters. The van der Waals surface area contributed by atoms with Gasteiger partial charge in [0.05, 0.1) is 5.75 Å². The minimum Gasteiger partial charge on any atom is -0.481 e. The van der Waals surface area contributed by atoms with Crippen LogP contribution in [0.15, 0.2) is 33.9 Å². The van der Waals surface area contributed by atoms with Crippen LogP contribution >= 0.6 is 27.7 Å². The summed E-state index contributed by atoms with van der Waals surface area (Å²) < 4.78 is 3.08. The molecule has 0 spiro atoms. The van der Waals surface area contributed by atoms with Gasteiger partial charge in [-0.2, -0.15) is 0 Å². The number of aromatic nitrogens is 3. The van der Waals surface area contributed by atoms with Gasteiger partial charge in [-0.05, 0) is 25.0 Å². The van der Waals surface area contributed by atoms with E-state index in [4.69, 9.17) is 5.11 Å². The van der Waals surface area contributed by atoms with Crippen molar-refractivity contribution in [3.05, 3.63) is 28.7 Å². The Bertz CT molecular complexity index is 638. The number of thioether (sulfide) groups is 1. The van der Waals surface area contributed by atoms with Gasteiger partial charge in [-0.15, -0.1) is 10.2 Å². The number of carboxylic acids is 1. The number of rotatable bonds is 5. The van der Waals surface area contributed by atoms with Crippen molar-refractivity contribution < 1.29 is 9.90 Å². The predicted molar refractivity (Wildman–Crippen MR) is 79.8 cm³/mol. The molecule has 104 valence electrons. The van der Waals surface area contributed by atoms with Crippen LogP contribution in [0, 0.1) is 0 Å². The fourth-order valence-electron chi connectivity index (χ4n) is 1.96. The second kappa shape index (κ2) is 5.57. The molecule has 0 radical (unpaired) electrons. The van der Waals surface area contributed by atoms with Crippen LogP contribution in [0.2, 0.25) is 0 Å². The Morgan fingerprint density at radius 2 is 2.05 bits per heavy atom. The Balaban J connectivity index is 1.94. The van der Waals surface area contributed by atoms with Gasteiger partial charge in [-0.3, -0.25) is 9.36 Å². The zero-order chi connectivity index (χ0) is 14.1.